The van der Waals surface area contributed by atoms with E-state index in [1.165, 1.54) is 16.7 Å². The van der Waals surface area contributed by atoms with Crippen LogP contribution in [0.5, 0.6) is 0 Å². The van der Waals surface area contributed by atoms with Gasteiger partial charge in [-0.2, -0.15) is 0 Å². The van der Waals surface area contributed by atoms with E-state index in [0.29, 0.717) is 12.0 Å². The monoisotopic (exact) mass is 212 g/mol. The molecule has 1 aromatic carbocycles. The third kappa shape index (κ3) is 1.47. The maximum absolute atomic E-state index is 5.77. The van der Waals surface area contributed by atoms with Crippen molar-refractivity contribution in [3.05, 3.63) is 53.3 Å². The van der Waals surface area contributed by atoms with Gasteiger partial charge in [-0.3, -0.25) is 0 Å². The Kier molecular flexibility index (Phi) is 2.32. The quantitative estimate of drug-likeness (QED) is 0.686. The summed E-state index contributed by atoms with van der Waals surface area (Å²) in [4.78, 5) is 0. The molecule has 0 saturated heterocycles. The smallest absolute Gasteiger partial charge is 0.109 e. The number of ether oxygens (including phenoxy) is 1. The Morgan fingerprint density at radius 2 is 2.12 bits per heavy atom. The summed E-state index contributed by atoms with van der Waals surface area (Å²) in [7, 11) is 0. The Bertz CT molecular complexity index is 456. The van der Waals surface area contributed by atoms with Crippen molar-refractivity contribution in [2.24, 2.45) is 0 Å². The lowest BCUT2D eigenvalue weighted by Gasteiger charge is -2.27. The molecule has 2 atom stereocenters. The van der Waals surface area contributed by atoms with Crippen molar-refractivity contribution in [3.63, 3.8) is 0 Å². The number of allylic oxidation sites excluding steroid dienone is 1. The summed E-state index contributed by atoms with van der Waals surface area (Å²) in [6, 6.07) is 8.65. The lowest BCUT2D eigenvalue weighted by molar-refractivity contribution is 0.109. The molecule has 0 fully saturated rings. The lowest BCUT2D eigenvalue weighted by atomic mass is 9.88. The Morgan fingerprint density at radius 1 is 1.25 bits per heavy atom. The zero-order valence-electron chi connectivity index (χ0n) is 9.52. The number of hydrogen-bond donors (Lipinski definition) is 0. The van der Waals surface area contributed by atoms with Gasteiger partial charge in [0.15, 0.2) is 0 Å². The number of fused-ring (bicyclic) bond motifs is 1. The minimum atomic E-state index is 0.324. The zero-order valence-corrected chi connectivity index (χ0v) is 9.52. The van der Waals surface area contributed by atoms with E-state index >= 15 is 0 Å². The fourth-order valence-electron chi connectivity index (χ4n) is 2.80. The second-order valence-corrected chi connectivity index (χ2v) is 4.62. The maximum Gasteiger partial charge on any atom is 0.109 e. The molecule has 0 radical (unpaired) electrons. The number of rotatable bonds is 1. The first-order valence-corrected chi connectivity index (χ1v) is 5.94. The van der Waals surface area contributed by atoms with Crippen LogP contribution in [0.15, 0.2) is 42.2 Å². The molecule has 1 aromatic rings. The molecule has 0 saturated carbocycles. The summed E-state index contributed by atoms with van der Waals surface area (Å²) in [5.41, 5.74) is 4.23. The van der Waals surface area contributed by atoms with E-state index in [1.807, 2.05) is 6.26 Å². The Hall–Kier alpha value is -1.50. The molecule has 3 rings (SSSR count). The van der Waals surface area contributed by atoms with Gasteiger partial charge in [0.1, 0.15) is 6.10 Å². The van der Waals surface area contributed by atoms with Crippen molar-refractivity contribution in [2.75, 3.05) is 0 Å². The number of hydrogen-bond acceptors (Lipinski definition) is 1. The van der Waals surface area contributed by atoms with Crippen LogP contribution in [0, 0.1) is 0 Å². The van der Waals surface area contributed by atoms with Crippen LogP contribution in [0.25, 0.3) is 6.08 Å². The summed E-state index contributed by atoms with van der Waals surface area (Å²) in [5.74, 6) is 0.459. The predicted octanol–water partition coefficient (Wildman–Crippen LogP) is 3.88. The third-order valence-corrected chi connectivity index (χ3v) is 3.54. The Balaban J connectivity index is 1.96. The molecule has 0 spiro atoms. The van der Waals surface area contributed by atoms with Gasteiger partial charge in [-0.15, -0.1) is 0 Å². The molecule has 0 amide bonds. The minimum absolute atomic E-state index is 0.324. The molecule has 2 aliphatic rings. The zero-order chi connectivity index (χ0) is 11.0. The Labute approximate surface area is 96.4 Å². The maximum atomic E-state index is 5.77. The summed E-state index contributed by atoms with van der Waals surface area (Å²) >= 11 is 0. The van der Waals surface area contributed by atoms with Gasteiger partial charge in [-0.25, -0.2) is 0 Å². The SMILES string of the molecule is CC1=Cc2ccccc2C1C1CCC=CO1. The molecular formula is C15H16O. The van der Waals surface area contributed by atoms with Crippen LogP contribution >= 0.6 is 0 Å². The minimum Gasteiger partial charge on any atom is -0.497 e. The highest BCUT2D eigenvalue weighted by Gasteiger charge is 2.31. The van der Waals surface area contributed by atoms with Gasteiger partial charge < -0.3 is 4.74 Å². The Morgan fingerprint density at radius 3 is 2.94 bits per heavy atom. The van der Waals surface area contributed by atoms with Crippen molar-refractivity contribution in [2.45, 2.75) is 31.8 Å². The molecule has 1 heterocycles. The molecule has 2 unspecified atom stereocenters. The van der Waals surface area contributed by atoms with Crippen molar-refractivity contribution in [1.82, 2.24) is 0 Å². The highest BCUT2D eigenvalue weighted by Crippen LogP contribution is 2.41. The molecule has 1 aliphatic carbocycles. The second-order valence-electron chi connectivity index (χ2n) is 4.62. The van der Waals surface area contributed by atoms with Crippen molar-refractivity contribution in [1.29, 1.82) is 0 Å². The summed E-state index contributed by atoms with van der Waals surface area (Å²) in [6.45, 7) is 2.21. The molecule has 1 aliphatic heterocycles. The molecule has 16 heavy (non-hydrogen) atoms. The van der Waals surface area contributed by atoms with Crippen molar-refractivity contribution >= 4 is 6.08 Å². The van der Waals surface area contributed by atoms with Crippen LogP contribution in [0.2, 0.25) is 0 Å². The van der Waals surface area contributed by atoms with Crippen molar-refractivity contribution < 1.29 is 4.74 Å². The van der Waals surface area contributed by atoms with Gasteiger partial charge >= 0.3 is 0 Å². The van der Waals surface area contributed by atoms with E-state index in [9.17, 15) is 0 Å². The molecule has 0 bridgehead atoms. The fourth-order valence-corrected chi connectivity index (χ4v) is 2.80. The number of benzene rings is 1. The molecule has 82 valence electrons. The second kappa shape index (κ2) is 3.82. The van der Waals surface area contributed by atoms with Crippen LogP contribution in [-0.2, 0) is 4.74 Å². The van der Waals surface area contributed by atoms with Gasteiger partial charge in [-0.1, -0.05) is 35.9 Å². The first-order chi connectivity index (χ1) is 7.86. The normalized spacial score (nSPS) is 27.2. The van der Waals surface area contributed by atoms with Gasteiger partial charge in [0.2, 0.25) is 0 Å². The first-order valence-electron chi connectivity index (χ1n) is 5.94. The van der Waals surface area contributed by atoms with Gasteiger partial charge in [0.25, 0.3) is 0 Å². The predicted molar refractivity (Wildman–Crippen MR) is 66.1 cm³/mol. The molecular weight excluding hydrogens is 196 g/mol. The largest absolute Gasteiger partial charge is 0.497 e. The lowest BCUT2D eigenvalue weighted by Crippen LogP contribution is -2.22. The van der Waals surface area contributed by atoms with Crippen molar-refractivity contribution in [3.8, 4) is 0 Å². The average Bonchev–Trinajstić information content (AvgIpc) is 2.66. The fraction of sp³-hybridized carbons (Fsp3) is 0.333. The van der Waals surface area contributed by atoms with Crippen LogP contribution in [0.3, 0.4) is 0 Å². The van der Waals surface area contributed by atoms with Crippen LogP contribution in [-0.4, -0.2) is 6.10 Å². The summed E-state index contributed by atoms with van der Waals surface area (Å²) < 4.78 is 5.77. The van der Waals surface area contributed by atoms with E-state index < -0.39 is 0 Å². The molecule has 1 heteroatoms. The molecule has 0 aromatic heterocycles. The van der Waals surface area contributed by atoms with Gasteiger partial charge in [0.05, 0.1) is 6.26 Å². The highest BCUT2D eigenvalue weighted by atomic mass is 16.5. The van der Waals surface area contributed by atoms with E-state index in [2.05, 4.69) is 43.3 Å². The molecule has 1 nitrogen and oxygen atoms in total. The van der Waals surface area contributed by atoms with E-state index in [4.69, 9.17) is 4.74 Å². The third-order valence-electron chi connectivity index (χ3n) is 3.54. The van der Waals surface area contributed by atoms with Crippen LogP contribution in [0.1, 0.15) is 36.8 Å². The van der Waals surface area contributed by atoms with E-state index in [1.54, 1.807) is 0 Å². The van der Waals surface area contributed by atoms with E-state index in [-0.39, 0.29) is 0 Å². The van der Waals surface area contributed by atoms with Gasteiger partial charge in [0, 0.05) is 5.92 Å². The topological polar surface area (TPSA) is 9.23 Å². The first kappa shape index (κ1) is 9.71. The summed E-state index contributed by atoms with van der Waals surface area (Å²) in [6.07, 6.45) is 8.85. The highest BCUT2D eigenvalue weighted by molar-refractivity contribution is 5.66. The summed E-state index contributed by atoms with van der Waals surface area (Å²) in [5, 5.41) is 0. The van der Waals surface area contributed by atoms with Gasteiger partial charge in [-0.05, 0) is 37.0 Å². The average molecular weight is 212 g/mol. The standard InChI is InChI=1S/C15H16O/c1-11-10-12-6-2-3-7-13(12)15(11)14-8-4-5-9-16-14/h2-3,5-7,9-10,14-15H,4,8H2,1H3. The van der Waals surface area contributed by atoms with Crippen LogP contribution < -0.4 is 0 Å². The van der Waals surface area contributed by atoms with E-state index in [0.717, 1.165) is 12.8 Å². The van der Waals surface area contributed by atoms with Crippen LogP contribution in [0.4, 0.5) is 0 Å². The molecule has 0 N–H and O–H groups in total.